The highest BCUT2D eigenvalue weighted by molar-refractivity contribution is 6.30. The van der Waals surface area contributed by atoms with Crippen LogP contribution < -0.4 is 5.32 Å². The summed E-state index contributed by atoms with van der Waals surface area (Å²) < 4.78 is 13.1. The van der Waals surface area contributed by atoms with Crippen molar-refractivity contribution in [3.63, 3.8) is 0 Å². The second-order valence-corrected chi connectivity index (χ2v) is 5.16. The Bertz CT molecular complexity index is 571. The summed E-state index contributed by atoms with van der Waals surface area (Å²) in [6.45, 7) is 2.76. The molecule has 2 N–H and O–H groups in total. The Labute approximate surface area is 123 Å². The van der Waals surface area contributed by atoms with Gasteiger partial charge >= 0.3 is 0 Å². The molecular formula is C16H17ClFNO. The van der Waals surface area contributed by atoms with Gasteiger partial charge in [-0.2, -0.15) is 0 Å². The number of hydrogen-bond acceptors (Lipinski definition) is 2. The van der Waals surface area contributed by atoms with E-state index in [1.807, 2.05) is 31.2 Å². The maximum Gasteiger partial charge on any atom is 0.141 e. The van der Waals surface area contributed by atoms with Crippen molar-refractivity contribution in [3.8, 4) is 0 Å². The molecule has 0 aliphatic heterocycles. The van der Waals surface area contributed by atoms with Gasteiger partial charge in [-0.05, 0) is 35.7 Å². The minimum atomic E-state index is -0.401. The van der Waals surface area contributed by atoms with E-state index in [0.29, 0.717) is 6.54 Å². The van der Waals surface area contributed by atoms with Crippen molar-refractivity contribution in [2.24, 2.45) is 0 Å². The van der Waals surface area contributed by atoms with Crippen LogP contribution in [-0.2, 0) is 13.2 Å². The van der Waals surface area contributed by atoms with E-state index in [0.717, 1.165) is 16.7 Å². The van der Waals surface area contributed by atoms with Gasteiger partial charge in [0.1, 0.15) is 5.82 Å². The fourth-order valence-electron chi connectivity index (χ4n) is 1.93. The molecule has 0 saturated heterocycles. The number of halogens is 2. The zero-order chi connectivity index (χ0) is 14.5. The summed E-state index contributed by atoms with van der Waals surface area (Å²) in [6, 6.07) is 12.6. The SMILES string of the molecule is CC(NCc1ccc(CO)cc1)c1ccc(F)c(Cl)c1. The van der Waals surface area contributed by atoms with Crippen LogP contribution in [0.4, 0.5) is 4.39 Å². The summed E-state index contributed by atoms with van der Waals surface area (Å²) in [5.41, 5.74) is 2.97. The maximum atomic E-state index is 13.1. The Hall–Kier alpha value is -1.42. The molecule has 0 aliphatic carbocycles. The molecule has 1 atom stereocenters. The number of benzene rings is 2. The summed E-state index contributed by atoms with van der Waals surface area (Å²) in [5, 5.41) is 12.5. The Kier molecular flexibility index (Phi) is 5.12. The third kappa shape index (κ3) is 3.79. The number of aliphatic hydroxyl groups excluding tert-OH is 1. The van der Waals surface area contributed by atoms with Gasteiger partial charge in [-0.25, -0.2) is 4.39 Å². The molecule has 0 fully saturated rings. The quantitative estimate of drug-likeness (QED) is 0.878. The van der Waals surface area contributed by atoms with Gasteiger partial charge in [-0.1, -0.05) is 41.9 Å². The smallest absolute Gasteiger partial charge is 0.141 e. The van der Waals surface area contributed by atoms with Gasteiger partial charge in [-0.15, -0.1) is 0 Å². The van der Waals surface area contributed by atoms with Gasteiger partial charge in [0.05, 0.1) is 11.6 Å². The molecule has 2 aromatic rings. The minimum Gasteiger partial charge on any atom is -0.392 e. The topological polar surface area (TPSA) is 32.3 Å². The van der Waals surface area contributed by atoms with E-state index in [-0.39, 0.29) is 17.7 Å². The van der Waals surface area contributed by atoms with Gasteiger partial charge in [0.2, 0.25) is 0 Å². The highest BCUT2D eigenvalue weighted by Gasteiger charge is 2.08. The lowest BCUT2D eigenvalue weighted by Gasteiger charge is -2.15. The number of aliphatic hydroxyl groups is 1. The van der Waals surface area contributed by atoms with E-state index < -0.39 is 5.82 Å². The first kappa shape index (κ1) is 15.0. The molecule has 0 heterocycles. The van der Waals surface area contributed by atoms with E-state index in [4.69, 9.17) is 16.7 Å². The molecule has 20 heavy (non-hydrogen) atoms. The summed E-state index contributed by atoms with van der Waals surface area (Å²) in [6.07, 6.45) is 0. The highest BCUT2D eigenvalue weighted by atomic mass is 35.5. The van der Waals surface area contributed by atoms with Crippen LogP contribution in [0.5, 0.6) is 0 Å². The zero-order valence-electron chi connectivity index (χ0n) is 11.2. The normalized spacial score (nSPS) is 12.4. The van der Waals surface area contributed by atoms with E-state index in [2.05, 4.69) is 5.32 Å². The van der Waals surface area contributed by atoms with Crippen molar-refractivity contribution in [3.05, 3.63) is 70.0 Å². The first-order valence-electron chi connectivity index (χ1n) is 6.47. The maximum absolute atomic E-state index is 13.1. The molecule has 0 amide bonds. The van der Waals surface area contributed by atoms with Crippen LogP contribution in [-0.4, -0.2) is 5.11 Å². The van der Waals surface area contributed by atoms with Gasteiger partial charge < -0.3 is 10.4 Å². The first-order valence-corrected chi connectivity index (χ1v) is 6.85. The molecule has 2 nitrogen and oxygen atoms in total. The fraction of sp³-hybridized carbons (Fsp3) is 0.250. The molecular weight excluding hydrogens is 277 g/mol. The second kappa shape index (κ2) is 6.84. The Balaban J connectivity index is 1.96. The van der Waals surface area contributed by atoms with Crippen molar-refractivity contribution in [1.29, 1.82) is 0 Å². The van der Waals surface area contributed by atoms with Crippen molar-refractivity contribution < 1.29 is 9.50 Å². The van der Waals surface area contributed by atoms with Crippen LogP contribution in [0, 0.1) is 5.82 Å². The van der Waals surface area contributed by atoms with E-state index in [9.17, 15) is 4.39 Å². The van der Waals surface area contributed by atoms with E-state index >= 15 is 0 Å². The van der Waals surface area contributed by atoms with Crippen LogP contribution in [0.2, 0.25) is 5.02 Å². The molecule has 0 saturated carbocycles. The van der Waals surface area contributed by atoms with Crippen molar-refractivity contribution in [2.45, 2.75) is 26.1 Å². The van der Waals surface area contributed by atoms with Crippen molar-refractivity contribution in [1.82, 2.24) is 5.32 Å². The molecule has 2 rings (SSSR count). The summed E-state index contributed by atoms with van der Waals surface area (Å²) in [4.78, 5) is 0. The summed E-state index contributed by atoms with van der Waals surface area (Å²) >= 11 is 5.78. The van der Waals surface area contributed by atoms with Gasteiger partial charge in [0, 0.05) is 12.6 Å². The first-order chi connectivity index (χ1) is 9.60. The van der Waals surface area contributed by atoms with Crippen molar-refractivity contribution in [2.75, 3.05) is 0 Å². The Morgan fingerprint density at radius 1 is 1.15 bits per heavy atom. The fourth-order valence-corrected chi connectivity index (χ4v) is 2.12. The molecule has 0 bridgehead atoms. The third-order valence-corrected chi connectivity index (χ3v) is 3.55. The molecule has 0 radical (unpaired) electrons. The van der Waals surface area contributed by atoms with Crippen LogP contribution in [0.25, 0.3) is 0 Å². The Morgan fingerprint density at radius 3 is 2.40 bits per heavy atom. The van der Waals surface area contributed by atoms with Crippen LogP contribution in [0.15, 0.2) is 42.5 Å². The average molecular weight is 294 g/mol. The highest BCUT2D eigenvalue weighted by Crippen LogP contribution is 2.21. The lowest BCUT2D eigenvalue weighted by atomic mass is 10.1. The minimum absolute atomic E-state index is 0.0538. The average Bonchev–Trinajstić information content (AvgIpc) is 2.48. The monoisotopic (exact) mass is 293 g/mol. The predicted molar refractivity (Wildman–Crippen MR) is 79.0 cm³/mol. The Morgan fingerprint density at radius 2 is 1.80 bits per heavy atom. The lowest BCUT2D eigenvalue weighted by molar-refractivity contribution is 0.282. The number of rotatable bonds is 5. The third-order valence-electron chi connectivity index (χ3n) is 3.26. The summed E-state index contributed by atoms with van der Waals surface area (Å²) in [7, 11) is 0. The standard InChI is InChI=1S/C16H17ClFNO/c1-11(14-6-7-16(18)15(17)8-14)19-9-12-2-4-13(10-20)5-3-12/h2-8,11,19-20H,9-10H2,1H3. The molecule has 0 aromatic heterocycles. The predicted octanol–water partition coefficient (Wildman–Crippen LogP) is 3.82. The van der Waals surface area contributed by atoms with Crippen LogP contribution in [0.1, 0.15) is 29.7 Å². The zero-order valence-corrected chi connectivity index (χ0v) is 12.0. The van der Waals surface area contributed by atoms with Crippen LogP contribution >= 0.6 is 11.6 Å². The van der Waals surface area contributed by atoms with Crippen LogP contribution in [0.3, 0.4) is 0 Å². The van der Waals surface area contributed by atoms with Gasteiger partial charge in [0.15, 0.2) is 0 Å². The molecule has 0 aliphatic rings. The second-order valence-electron chi connectivity index (χ2n) is 4.75. The van der Waals surface area contributed by atoms with Gasteiger partial charge in [0.25, 0.3) is 0 Å². The molecule has 4 heteroatoms. The molecule has 2 aromatic carbocycles. The largest absolute Gasteiger partial charge is 0.392 e. The van der Waals surface area contributed by atoms with Crippen molar-refractivity contribution >= 4 is 11.6 Å². The van der Waals surface area contributed by atoms with E-state index in [1.165, 1.54) is 6.07 Å². The summed E-state index contributed by atoms with van der Waals surface area (Å²) in [5.74, 6) is -0.401. The number of nitrogens with one attached hydrogen (secondary N) is 1. The number of hydrogen-bond donors (Lipinski definition) is 2. The molecule has 106 valence electrons. The molecule has 0 spiro atoms. The lowest BCUT2D eigenvalue weighted by Crippen LogP contribution is -2.18. The van der Waals surface area contributed by atoms with Gasteiger partial charge in [-0.3, -0.25) is 0 Å². The molecule has 1 unspecified atom stereocenters. The van der Waals surface area contributed by atoms with E-state index in [1.54, 1.807) is 12.1 Å².